The molecule has 0 bridgehead atoms. The molecule has 5 heteroatoms. The van der Waals surface area contributed by atoms with Crippen LogP contribution in [0.1, 0.15) is 64.2 Å². The third-order valence-corrected chi connectivity index (χ3v) is 6.72. The molecule has 0 amide bonds. The second-order valence-corrected chi connectivity index (χ2v) is 8.62. The van der Waals surface area contributed by atoms with Crippen molar-refractivity contribution < 1.29 is 0 Å². The van der Waals surface area contributed by atoms with Crippen LogP contribution in [0.5, 0.6) is 0 Å². The van der Waals surface area contributed by atoms with E-state index in [-0.39, 0.29) is 0 Å². The Morgan fingerprint density at radius 3 is 2.50 bits per heavy atom. The molecule has 0 atom stereocenters. The fraction of sp³-hybridized carbons (Fsp3) is 0.579. The predicted molar refractivity (Wildman–Crippen MR) is 104 cm³/mol. The maximum atomic E-state index is 5.09. The lowest BCUT2D eigenvalue weighted by molar-refractivity contribution is 0.435. The molecule has 2 fully saturated rings. The summed E-state index contributed by atoms with van der Waals surface area (Å²) in [4.78, 5) is 7.47. The number of rotatable bonds is 3. The van der Waals surface area contributed by atoms with Gasteiger partial charge in [0.15, 0.2) is 0 Å². The van der Waals surface area contributed by atoms with Crippen LogP contribution in [-0.2, 0) is 0 Å². The summed E-state index contributed by atoms with van der Waals surface area (Å²) in [5, 5.41) is 9.43. The van der Waals surface area contributed by atoms with Gasteiger partial charge in [0, 0.05) is 11.1 Å². The van der Waals surface area contributed by atoms with Crippen molar-refractivity contribution in [2.24, 2.45) is 10.1 Å². The van der Waals surface area contributed by atoms with Gasteiger partial charge in [0.2, 0.25) is 4.80 Å². The number of nitrogens with zero attached hydrogens (tertiary/aromatic N) is 3. The highest BCUT2D eigenvalue weighted by Gasteiger charge is 2.15. The van der Waals surface area contributed by atoms with Gasteiger partial charge in [-0.2, -0.15) is 5.10 Å². The van der Waals surface area contributed by atoms with Gasteiger partial charge in [-0.1, -0.05) is 31.7 Å². The van der Waals surface area contributed by atoms with Crippen molar-refractivity contribution >= 4 is 28.4 Å². The first kappa shape index (κ1) is 16.3. The molecule has 0 radical (unpaired) electrons. The van der Waals surface area contributed by atoms with Crippen molar-refractivity contribution in [1.82, 2.24) is 4.68 Å². The standard InChI is InChI=1S/C19H25N3S2/c1-3-8-15(9-4-1)20-19-22(21-16-10-5-2-6-11-16)17(14-24-19)18-12-7-13-23-18/h7,12-15H,1-6,8-11H2. The molecule has 128 valence electrons. The van der Waals surface area contributed by atoms with Gasteiger partial charge >= 0.3 is 0 Å². The van der Waals surface area contributed by atoms with E-state index >= 15 is 0 Å². The third kappa shape index (κ3) is 3.72. The summed E-state index contributed by atoms with van der Waals surface area (Å²) in [6.07, 6.45) is 12.7. The van der Waals surface area contributed by atoms with Gasteiger partial charge in [-0.3, -0.25) is 4.99 Å². The molecular weight excluding hydrogens is 334 g/mol. The lowest BCUT2D eigenvalue weighted by Gasteiger charge is -2.17. The summed E-state index contributed by atoms with van der Waals surface area (Å²) in [5.74, 6) is 0. The molecule has 2 saturated carbocycles. The van der Waals surface area contributed by atoms with Crippen LogP contribution in [-0.4, -0.2) is 16.4 Å². The minimum Gasteiger partial charge on any atom is -0.254 e. The van der Waals surface area contributed by atoms with Crippen LogP contribution in [0.15, 0.2) is 33.0 Å². The van der Waals surface area contributed by atoms with E-state index in [1.807, 2.05) is 0 Å². The van der Waals surface area contributed by atoms with Crippen molar-refractivity contribution in [3.8, 4) is 10.6 Å². The average Bonchev–Trinajstić information content (AvgIpc) is 3.28. The average molecular weight is 360 g/mol. The topological polar surface area (TPSA) is 29.6 Å². The Bertz CT molecular complexity index is 738. The number of hydrogen-bond acceptors (Lipinski definition) is 4. The van der Waals surface area contributed by atoms with Crippen LogP contribution in [0.3, 0.4) is 0 Å². The SMILES string of the molecule is c1csc(-c2csc(=NC3CCCCC3)n2N=C2CCCCC2)c1. The van der Waals surface area contributed by atoms with Crippen LogP contribution in [0, 0.1) is 0 Å². The van der Waals surface area contributed by atoms with Crippen molar-refractivity contribution in [3.63, 3.8) is 0 Å². The zero-order valence-electron chi connectivity index (χ0n) is 14.1. The van der Waals surface area contributed by atoms with E-state index in [9.17, 15) is 0 Å². The predicted octanol–water partition coefficient (Wildman–Crippen LogP) is 5.68. The fourth-order valence-electron chi connectivity index (χ4n) is 3.65. The Hall–Kier alpha value is -1.20. The minimum atomic E-state index is 0.492. The van der Waals surface area contributed by atoms with Crippen molar-refractivity contribution in [3.05, 3.63) is 27.7 Å². The Labute approximate surface area is 151 Å². The number of thiazole rings is 1. The number of aromatic nitrogens is 1. The van der Waals surface area contributed by atoms with Gasteiger partial charge < -0.3 is 0 Å². The molecule has 0 N–H and O–H groups in total. The summed E-state index contributed by atoms with van der Waals surface area (Å²) < 4.78 is 2.14. The summed E-state index contributed by atoms with van der Waals surface area (Å²) in [6, 6.07) is 4.80. The third-order valence-electron chi connectivity index (χ3n) is 5.00. The summed E-state index contributed by atoms with van der Waals surface area (Å²) in [5.41, 5.74) is 2.56. The van der Waals surface area contributed by atoms with Crippen LogP contribution in [0.25, 0.3) is 10.6 Å². The van der Waals surface area contributed by atoms with Gasteiger partial charge in [-0.25, -0.2) is 4.68 Å². The first-order valence-corrected chi connectivity index (χ1v) is 11.0. The van der Waals surface area contributed by atoms with Crippen molar-refractivity contribution in [2.45, 2.75) is 70.3 Å². The Balaban J connectivity index is 1.74. The summed E-state index contributed by atoms with van der Waals surface area (Å²) >= 11 is 3.54. The van der Waals surface area contributed by atoms with Gasteiger partial charge in [0.25, 0.3) is 0 Å². The van der Waals surface area contributed by atoms with Gasteiger partial charge in [-0.05, 0) is 50.0 Å². The normalized spacial score (nSPS) is 20.5. The zero-order chi connectivity index (χ0) is 16.2. The Morgan fingerprint density at radius 1 is 0.958 bits per heavy atom. The maximum absolute atomic E-state index is 5.09. The fourth-order valence-corrected chi connectivity index (χ4v) is 5.34. The molecule has 2 aliphatic rings. The monoisotopic (exact) mass is 359 g/mol. The van der Waals surface area contributed by atoms with E-state index in [0.717, 1.165) is 17.6 Å². The van der Waals surface area contributed by atoms with Gasteiger partial charge in [0.1, 0.15) is 0 Å². The first-order chi connectivity index (χ1) is 11.9. The largest absolute Gasteiger partial charge is 0.254 e. The number of thiophene rings is 1. The minimum absolute atomic E-state index is 0.492. The molecule has 2 aliphatic carbocycles. The zero-order valence-corrected chi connectivity index (χ0v) is 15.7. The highest BCUT2D eigenvalue weighted by atomic mass is 32.1. The lowest BCUT2D eigenvalue weighted by atomic mass is 9.96. The molecule has 0 saturated heterocycles. The van der Waals surface area contributed by atoms with Gasteiger partial charge in [-0.15, -0.1) is 22.7 Å². The van der Waals surface area contributed by atoms with Crippen LogP contribution < -0.4 is 4.80 Å². The lowest BCUT2D eigenvalue weighted by Crippen LogP contribution is -2.20. The van der Waals surface area contributed by atoms with Crippen molar-refractivity contribution in [1.29, 1.82) is 0 Å². The molecule has 24 heavy (non-hydrogen) atoms. The van der Waals surface area contributed by atoms with E-state index in [4.69, 9.17) is 10.1 Å². The Morgan fingerprint density at radius 2 is 1.75 bits per heavy atom. The molecule has 2 aromatic heterocycles. The molecule has 2 aromatic rings. The highest BCUT2D eigenvalue weighted by Crippen LogP contribution is 2.26. The summed E-state index contributed by atoms with van der Waals surface area (Å²) in [6.45, 7) is 0. The van der Waals surface area contributed by atoms with Crippen LogP contribution in [0.4, 0.5) is 0 Å². The second-order valence-electron chi connectivity index (χ2n) is 6.84. The molecule has 4 rings (SSSR count). The molecule has 0 aromatic carbocycles. The van der Waals surface area contributed by atoms with E-state index in [2.05, 4.69) is 27.6 Å². The molecule has 0 unspecified atom stereocenters. The summed E-state index contributed by atoms with van der Waals surface area (Å²) in [7, 11) is 0. The van der Waals surface area contributed by atoms with E-state index in [1.54, 1.807) is 22.7 Å². The highest BCUT2D eigenvalue weighted by molar-refractivity contribution is 7.14. The maximum Gasteiger partial charge on any atom is 0.206 e. The van der Waals surface area contributed by atoms with Gasteiger partial charge in [0.05, 0.1) is 16.6 Å². The van der Waals surface area contributed by atoms with Crippen LogP contribution in [0.2, 0.25) is 0 Å². The quantitative estimate of drug-likeness (QED) is 0.675. The van der Waals surface area contributed by atoms with Crippen LogP contribution >= 0.6 is 22.7 Å². The van der Waals surface area contributed by atoms with Crippen molar-refractivity contribution in [2.75, 3.05) is 0 Å². The van der Waals surface area contributed by atoms with E-state index in [0.29, 0.717) is 6.04 Å². The Kier molecular flexibility index (Phi) is 5.28. The first-order valence-electron chi connectivity index (χ1n) is 9.25. The molecular formula is C19H25N3S2. The van der Waals surface area contributed by atoms with E-state index in [1.165, 1.54) is 67.6 Å². The molecule has 0 spiro atoms. The van der Waals surface area contributed by atoms with E-state index < -0.39 is 0 Å². The second kappa shape index (κ2) is 7.79. The molecule has 2 heterocycles. The molecule has 0 aliphatic heterocycles. The number of hydrogen-bond donors (Lipinski definition) is 0. The smallest absolute Gasteiger partial charge is 0.206 e. The molecule has 3 nitrogen and oxygen atoms in total.